The Labute approximate surface area is 117 Å². The summed E-state index contributed by atoms with van der Waals surface area (Å²) in [4.78, 5) is 15.9. The van der Waals surface area contributed by atoms with Gasteiger partial charge in [-0.05, 0) is 39.3 Å². The van der Waals surface area contributed by atoms with Crippen molar-refractivity contribution in [3.05, 3.63) is 35.4 Å². The van der Waals surface area contributed by atoms with E-state index in [4.69, 9.17) is 8.94 Å². The Bertz CT molecular complexity index is 574. The van der Waals surface area contributed by atoms with E-state index in [0.29, 0.717) is 31.0 Å². The number of aryl methyl sites for hydroxylation is 3. The Morgan fingerprint density at radius 3 is 2.80 bits per heavy atom. The molecule has 1 N–H and O–H groups in total. The number of carbonyl (C=O) groups is 1. The fourth-order valence-corrected chi connectivity index (χ4v) is 1.91. The molecule has 6 heteroatoms. The van der Waals surface area contributed by atoms with Gasteiger partial charge in [0.05, 0.1) is 6.04 Å². The zero-order valence-electron chi connectivity index (χ0n) is 12.0. The molecule has 0 aromatic carbocycles. The highest BCUT2D eigenvalue weighted by Crippen LogP contribution is 2.15. The lowest BCUT2D eigenvalue weighted by molar-refractivity contribution is -0.121. The topological polar surface area (TPSA) is 81.2 Å². The van der Waals surface area contributed by atoms with Crippen LogP contribution in [0.2, 0.25) is 0 Å². The van der Waals surface area contributed by atoms with Gasteiger partial charge in [-0.3, -0.25) is 4.79 Å². The quantitative estimate of drug-likeness (QED) is 0.877. The summed E-state index contributed by atoms with van der Waals surface area (Å²) in [6.45, 7) is 5.55. The van der Waals surface area contributed by atoms with Crippen molar-refractivity contribution in [2.24, 2.45) is 0 Å². The summed E-state index contributed by atoms with van der Waals surface area (Å²) in [5, 5.41) is 6.61. The molecule has 0 radical (unpaired) electrons. The van der Waals surface area contributed by atoms with E-state index in [1.54, 1.807) is 6.92 Å². The van der Waals surface area contributed by atoms with Crippen molar-refractivity contribution in [3.63, 3.8) is 0 Å². The fraction of sp³-hybridized carbons (Fsp3) is 0.500. The molecule has 2 heterocycles. The Morgan fingerprint density at radius 1 is 1.40 bits per heavy atom. The van der Waals surface area contributed by atoms with Crippen LogP contribution in [0, 0.1) is 13.8 Å². The molecular formula is C14H19N3O3. The Morgan fingerprint density at radius 2 is 2.20 bits per heavy atom. The highest BCUT2D eigenvalue weighted by molar-refractivity contribution is 5.76. The highest BCUT2D eigenvalue weighted by atomic mass is 16.5. The molecule has 0 aliphatic rings. The summed E-state index contributed by atoms with van der Waals surface area (Å²) in [6.07, 6.45) is 1.71. The summed E-state index contributed by atoms with van der Waals surface area (Å²) < 4.78 is 10.5. The Kier molecular flexibility index (Phi) is 4.55. The molecule has 108 valence electrons. The van der Waals surface area contributed by atoms with Crippen LogP contribution in [0.1, 0.15) is 49.0 Å². The number of nitrogens with one attached hydrogen (secondary N) is 1. The van der Waals surface area contributed by atoms with E-state index < -0.39 is 0 Å². The molecule has 0 aliphatic carbocycles. The zero-order chi connectivity index (χ0) is 14.5. The molecule has 1 amide bonds. The van der Waals surface area contributed by atoms with Crippen molar-refractivity contribution in [1.29, 1.82) is 0 Å². The predicted octanol–water partition coefficient (Wildman–Crippen LogP) is 2.48. The lowest BCUT2D eigenvalue weighted by atomic mass is 10.2. The first kappa shape index (κ1) is 14.3. The molecule has 0 bridgehead atoms. The second kappa shape index (κ2) is 6.36. The Balaban J connectivity index is 1.72. The van der Waals surface area contributed by atoms with E-state index in [0.717, 1.165) is 11.5 Å². The maximum Gasteiger partial charge on any atom is 0.226 e. The van der Waals surface area contributed by atoms with Crippen LogP contribution in [0.25, 0.3) is 0 Å². The van der Waals surface area contributed by atoms with E-state index in [-0.39, 0.29) is 11.9 Å². The second-order valence-corrected chi connectivity index (χ2v) is 4.83. The minimum Gasteiger partial charge on any atom is -0.464 e. The van der Waals surface area contributed by atoms with Gasteiger partial charge in [0.25, 0.3) is 0 Å². The van der Waals surface area contributed by atoms with Crippen LogP contribution in [0.4, 0.5) is 0 Å². The van der Waals surface area contributed by atoms with Gasteiger partial charge < -0.3 is 14.3 Å². The molecule has 2 aromatic rings. The maximum atomic E-state index is 11.8. The van der Waals surface area contributed by atoms with Crippen LogP contribution in [-0.4, -0.2) is 16.0 Å². The van der Waals surface area contributed by atoms with Crippen molar-refractivity contribution in [3.8, 4) is 0 Å². The molecule has 0 fully saturated rings. The molecule has 0 aliphatic heterocycles. The van der Waals surface area contributed by atoms with Gasteiger partial charge in [-0.2, -0.15) is 4.98 Å². The number of hydrogen-bond donors (Lipinski definition) is 1. The largest absolute Gasteiger partial charge is 0.464 e. The first-order valence-corrected chi connectivity index (χ1v) is 6.69. The predicted molar refractivity (Wildman–Crippen MR) is 72.0 cm³/mol. The first-order chi connectivity index (χ1) is 9.54. The van der Waals surface area contributed by atoms with Crippen LogP contribution < -0.4 is 5.32 Å². The lowest BCUT2D eigenvalue weighted by Gasteiger charge is -2.11. The third kappa shape index (κ3) is 3.94. The zero-order valence-corrected chi connectivity index (χ0v) is 12.0. The fourth-order valence-electron chi connectivity index (χ4n) is 1.91. The van der Waals surface area contributed by atoms with Crippen LogP contribution in [0.3, 0.4) is 0 Å². The minimum atomic E-state index is -0.123. The summed E-state index contributed by atoms with van der Waals surface area (Å²) in [5.41, 5.74) is 0. The third-order valence-corrected chi connectivity index (χ3v) is 2.93. The van der Waals surface area contributed by atoms with Gasteiger partial charge in [0.1, 0.15) is 11.5 Å². The van der Waals surface area contributed by atoms with Crippen LogP contribution in [0.15, 0.2) is 21.1 Å². The smallest absolute Gasteiger partial charge is 0.226 e. The standard InChI is InChI=1S/C14H19N3O3/c1-9-7-8-12(19-9)10(2)15-13(18)5-4-6-14-16-11(3)17-20-14/h7-8,10H,4-6H2,1-3H3,(H,15,18). The molecular weight excluding hydrogens is 258 g/mol. The average molecular weight is 277 g/mol. The van der Waals surface area contributed by atoms with E-state index >= 15 is 0 Å². The normalized spacial score (nSPS) is 12.3. The highest BCUT2D eigenvalue weighted by Gasteiger charge is 2.13. The van der Waals surface area contributed by atoms with Crippen molar-refractivity contribution >= 4 is 5.91 Å². The Hall–Kier alpha value is -2.11. The molecule has 6 nitrogen and oxygen atoms in total. The minimum absolute atomic E-state index is 0.0113. The van der Waals surface area contributed by atoms with Gasteiger partial charge in [0.2, 0.25) is 11.8 Å². The van der Waals surface area contributed by atoms with Gasteiger partial charge in [0, 0.05) is 12.8 Å². The number of hydrogen-bond acceptors (Lipinski definition) is 5. The number of nitrogens with zero attached hydrogens (tertiary/aromatic N) is 2. The lowest BCUT2D eigenvalue weighted by Crippen LogP contribution is -2.26. The summed E-state index contributed by atoms with van der Waals surface area (Å²) in [6, 6.07) is 3.64. The van der Waals surface area contributed by atoms with Gasteiger partial charge in [-0.15, -0.1) is 0 Å². The molecule has 2 rings (SSSR count). The summed E-state index contributed by atoms with van der Waals surface area (Å²) >= 11 is 0. The summed E-state index contributed by atoms with van der Waals surface area (Å²) in [7, 11) is 0. The van der Waals surface area contributed by atoms with Gasteiger partial charge in [-0.25, -0.2) is 0 Å². The van der Waals surface area contributed by atoms with Crippen LogP contribution in [-0.2, 0) is 11.2 Å². The molecule has 0 saturated carbocycles. The van der Waals surface area contributed by atoms with Crippen molar-refractivity contribution < 1.29 is 13.7 Å². The first-order valence-electron chi connectivity index (χ1n) is 6.69. The van der Waals surface area contributed by atoms with Crippen molar-refractivity contribution in [1.82, 2.24) is 15.5 Å². The number of carbonyl (C=O) groups excluding carboxylic acids is 1. The van der Waals surface area contributed by atoms with Crippen LogP contribution in [0.5, 0.6) is 0 Å². The second-order valence-electron chi connectivity index (χ2n) is 4.83. The SMILES string of the molecule is Cc1noc(CCCC(=O)NC(C)c2ccc(C)o2)n1. The van der Waals surface area contributed by atoms with E-state index in [2.05, 4.69) is 15.5 Å². The van der Waals surface area contributed by atoms with Gasteiger partial charge >= 0.3 is 0 Å². The molecule has 1 atom stereocenters. The van der Waals surface area contributed by atoms with Gasteiger partial charge in [0.15, 0.2) is 5.82 Å². The van der Waals surface area contributed by atoms with E-state index in [9.17, 15) is 4.79 Å². The molecule has 0 saturated heterocycles. The monoisotopic (exact) mass is 277 g/mol. The number of furan rings is 1. The molecule has 0 spiro atoms. The summed E-state index contributed by atoms with van der Waals surface area (Å²) in [5.74, 6) is 2.79. The maximum absolute atomic E-state index is 11.8. The average Bonchev–Trinajstić information content (AvgIpc) is 2.98. The van der Waals surface area contributed by atoms with Crippen LogP contribution >= 0.6 is 0 Å². The number of aromatic nitrogens is 2. The van der Waals surface area contributed by atoms with Gasteiger partial charge in [-0.1, -0.05) is 5.16 Å². The molecule has 1 unspecified atom stereocenters. The van der Waals surface area contributed by atoms with E-state index in [1.165, 1.54) is 0 Å². The molecule has 2 aromatic heterocycles. The van der Waals surface area contributed by atoms with Crippen molar-refractivity contribution in [2.75, 3.05) is 0 Å². The van der Waals surface area contributed by atoms with Crippen molar-refractivity contribution in [2.45, 2.75) is 46.1 Å². The number of rotatable bonds is 6. The molecule has 20 heavy (non-hydrogen) atoms. The third-order valence-electron chi connectivity index (χ3n) is 2.93. The van der Waals surface area contributed by atoms with E-state index in [1.807, 2.05) is 26.0 Å². The number of amides is 1.